The Labute approximate surface area is 318 Å². The van der Waals surface area contributed by atoms with Gasteiger partial charge < -0.3 is 25.6 Å². The molecular weight excluding hydrogens is 758 g/mol. The number of hydrogen-bond donors (Lipinski definition) is 4. The van der Waals surface area contributed by atoms with Crippen molar-refractivity contribution in [1.82, 2.24) is 14.8 Å². The molecule has 0 radical (unpaired) electrons. The molecule has 4 aromatic rings. The lowest BCUT2D eigenvalue weighted by Crippen LogP contribution is -2.22. The van der Waals surface area contributed by atoms with Gasteiger partial charge in [-0.2, -0.15) is 13.9 Å². The van der Waals surface area contributed by atoms with Crippen LogP contribution in [0.25, 0.3) is 11.3 Å². The van der Waals surface area contributed by atoms with Crippen molar-refractivity contribution in [3.63, 3.8) is 0 Å². The van der Waals surface area contributed by atoms with Crippen molar-refractivity contribution in [3.8, 4) is 28.8 Å². The number of pyridine rings is 1. The van der Waals surface area contributed by atoms with Gasteiger partial charge in [0.25, 0.3) is 15.9 Å². The highest BCUT2D eigenvalue weighted by Crippen LogP contribution is 2.38. The van der Waals surface area contributed by atoms with E-state index in [4.69, 9.17) is 20.3 Å². The van der Waals surface area contributed by atoms with Gasteiger partial charge in [0.2, 0.25) is 0 Å². The van der Waals surface area contributed by atoms with Gasteiger partial charge in [0.05, 0.1) is 5.69 Å². The first-order chi connectivity index (χ1) is 25.9. The van der Waals surface area contributed by atoms with Crippen LogP contribution >= 0.6 is 0 Å². The lowest BCUT2D eigenvalue weighted by atomic mass is 10.1. The first-order valence-corrected chi connectivity index (χ1v) is 22.5. The van der Waals surface area contributed by atoms with Crippen LogP contribution in [0.15, 0.2) is 60.8 Å². The van der Waals surface area contributed by atoms with Gasteiger partial charge in [0.15, 0.2) is 0 Å². The third kappa shape index (κ3) is 12.6. The first kappa shape index (κ1) is 42.4. The number of carbonyl (C=O) groups excluding carboxylic acids is 1. The number of rotatable bonds is 19. The summed E-state index contributed by atoms with van der Waals surface area (Å²) in [7, 11) is -6.59. The highest BCUT2D eigenvalue weighted by molar-refractivity contribution is 7.93. The first-order valence-electron chi connectivity index (χ1n) is 17.2. The van der Waals surface area contributed by atoms with E-state index in [0.717, 1.165) is 6.04 Å². The molecule has 0 spiro atoms. The SMILES string of the molecule is CC(Oc1cc(-c2nn(COCC[Si](C)(C)C)c(Nc3ccc(C#CCCCCC(=O)O)cn3)c2C(N)=O)ccc1NS(=O)(=O)C(F)F)c1ccc(F)cc1. The van der Waals surface area contributed by atoms with Crippen LogP contribution in [0.4, 0.5) is 30.5 Å². The molecule has 2 aromatic heterocycles. The zero-order valence-corrected chi connectivity index (χ0v) is 32.6. The van der Waals surface area contributed by atoms with E-state index < -0.39 is 47.7 Å². The Balaban J connectivity index is 1.74. The molecule has 18 heteroatoms. The summed E-state index contributed by atoms with van der Waals surface area (Å²) in [4.78, 5) is 28.3. The van der Waals surface area contributed by atoms with Crippen molar-refractivity contribution < 1.29 is 45.8 Å². The molecule has 294 valence electrons. The Morgan fingerprint density at radius 3 is 2.42 bits per heavy atom. The van der Waals surface area contributed by atoms with Crippen molar-refractivity contribution in [3.05, 3.63) is 83.3 Å². The Morgan fingerprint density at radius 2 is 1.80 bits per heavy atom. The summed E-state index contributed by atoms with van der Waals surface area (Å²) in [5, 5.41) is 16.5. The van der Waals surface area contributed by atoms with Crippen LogP contribution in [0.5, 0.6) is 5.75 Å². The fraction of sp³-hybridized carbons (Fsp3) is 0.351. The summed E-state index contributed by atoms with van der Waals surface area (Å²) in [6, 6.07) is 13.4. The number of hydrogen-bond acceptors (Lipinski definition) is 9. The Kier molecular flexibility index (Phi) is 14.5. The zero-order chi connectivity index (χ0) is 40.3. The van der Waals surface area contributed by atoms with Crippen molar-refractivity contribution in [2.45, 2.75) is 76.9 Å². The largest absolute Gasteiger partial charge is 0.484 e. The number of aliphatic carboxylic acids is 1. The monoisotopic (exact) mass is 800 g/mol. The summed E-state index contributed by atoms with van der Waals surface area (Å²) >= 11 is 0. The van der Waals surface area contributed by atoms with Crippen LogP contribution in [-0.2, 0) is 26.3 Å². The van der Waals surface area contributed by atoms with Gasteiger partial charge in [0.1, 0.15) is 47.3 Å². The van der Waals surface area contributed by atoms with Gasteiger partial charge >= 0.3 is 11.7 Å². The Bertz CT molecular complexity index is 2130. The number of carbonyl (C=O) groups is 2. The fourth-order valence-electron chi connectivity index (χ4n) is 5.01. The molecular formula is C37H43F3N6O7SSi. The van der Waals surface area contributed by atoms with E-state index in [1.54, 1.807) is 19.1 Å². The Hall–Kier alpha value is -5.38. The molecule has 4 rings (SSSR count). The molecule has 55 heavy (non-hydrogen) atoms. The highest BCUT2D eigenvalue weighted by atomic mass is 32.2. The fourth-order valence-corrected chi connectivity index (χ4v) is 6.33. The minimum absolute atomic E-state index is 0.0386. The summed E-state index contributed by atoms with van der Waals surface area (Å²) in [5.74, 6) is 0.245. The molecule has 1 unspecified atom stereocenters. The molecule has 0 aliphatic rings. The van der Waals surface area contributed by atoms with Gasteiger partial charge in [-0.25, -0.2) is 22.5 Å². The third-order valence-electron chi connectivity index (χ3n) is 7.98. The van der Waals surface area contributed by atoms with Crippen molar-refractivity contribution >= 4 is 47.3 Å². The van der Waals surface area contributed by atoms with E-state index in [1.165, 1.54) is 53.3 Å². The van der Waals surface area contributed by atoms with Crippen molar-refractivity contribution in [2.24, 2.45) is 5.73 Å². The maximum absolute atomic E-state index is 13.6. The summed E-state index contributed by atoms with van der Waals surface area (Å²) in [6.07, 6.45) is 2.48. The number of primary amides is 1. The number of nitrogens with zero attached hydrogens (tertiary/aromatic N) is 3. The molecule has 2 aromatic carbocycles. The van der Waals surface area contributed by atoms with E-state index in [-0.39, 0.29) is 47.2 Å². The second-order valence-electron chi connectivity index (χ2n) is 13.7. The van der Waals surface area contributed by atoms with Gasteiger partial charge in [-0.05, 0) is 67.8 Å². The van der Waals surface area contributed by atoms with Crippen LogP contribution in [0.1, 0.15) is 60.2 Å². The number of aromatic nitrogens is 3. The van der Waals surface area contributed by atoms with Gasteiger partial charge in [-0.15, -0.1) is 0 Å². The van der Waals surface area contributed by atoms with Crippen LogP contribution in [0, 0.1) is 17.7 Å². The molecule has 0 bridgehead atoms. The average Bonchev–Trinajstić information content (AvgIpc) is 3.47. The average molecular weight is 801 g/mol. The number of carboxylic acids is 1. The van der Waals surface area contributed by atoms with E-state index >= 15 is 0 Å². The number of halogens is 3. The van der Waals surface area contributed by atoms with Crippen molar-refractivity contribution in [2.75, 3.05) is 16.6 Å². The maximum atomic E-state index is 13.6. The lowest BCUT2D eigenvalue weighted by Gasteiger charge is -2.19. The van der Waals surface area contributed by atoms with E-state index in [2.05, 4.69) is 46.9 Å². The number of ether oxygens (including phenoxy) is 2. The second kappa shape index (κ2) is 18.8. The van der Waals surface area contributed by atoms with Crippen LogP contribution in [-0.4, -0.2) is 60.6 Å². The quantitative estimate of drug-likeness (QED) is 0.0425. The third-order valence-corrected chi connectivity index (χ3v) is 10.7. The highest BCUT2D eigenvalue weighted by Gasteiger charge is 2.28. The molecule has 0 aliphatic heterocycles. The number of unbranched alkanes of at least 4 members (excludes halogenated alkanes) is 2. The molecule has 1 atom stereocenters. The number of carboxylic acid groups (broad SMARTS) is 1. The number of benzene rings is 2. The number of nitrogens with two attached hydrogens (primary N) is 1. The van der Waals surface area contributed by atoms with Gasteiger partial charge in [0, 0.05) is 44.8 Å². The van der Waals surface area contributed by atoms with E-state index in [9.17, 15) is 31.2 Å². The normalized spacial score (nSPS) is 12.1. The predicted molar refractivity (Wildman–Crippen MR) is 205 cm³/mol. The van der Waals surface area contributed by atoms with E-state index in [0.29, 0.717) is 42.8 Å². The predicted octanol–water partition coefficient (Wildman–Crippen LogP) is 7.34. The molecule has 5 N–H and O–H groups in total. The Morgan fingerprint density at radius 1 is 1.07 bits per heavy atom. The molecule has 0 aliphatic carbocycles. The summed E-state index contributed by atoms with van der Waals surface area (Å²) in [6.45, 7) is 8.50. The van der Waals surface area contributed by atoms with Crippen molar-refractivity contribution in [1.29, 1.82) is 0 Å². The summed E-state index contributed by atoms with van der Waals surface area (Å²) < 4.78 is 80.1. The number of amides is 1. The molecule has 0 fully saturated rings. The van der Waals surface area contributed by atoms with E-state index in [1.807, 2.05) is 4.72 Å². The van der Waals surface area contributed by atoms with Gasteiger partial charge in [-0.1, -0.05) is 49.7 Å². The zero-order valence-electron chi connectivity index (χ0n) is 30.7. The number of anilines is 3. The number of nitrogens with one attached hydrogen (secondary N) is 2. The minimum Gasteiger partial charge on any atom is -0.484 e. The standard InChI is InChI=1S/C37H43F3N6O7SSi/c1-24(26-12-15-28(38)16-13-26)53-30-21-27(14-17-29(30)45-54(50,51)37(39)40)34-33(35(41)49)36(46(44-34)23-52-19-20-55(2,3)4)43-31-18-11-25(22-42-31)9-7-5-6-8-10-32(47)48/h11-18,21-22,24,37,45H,5-6,8,10,19-20,23H2,1-4H3,(H2,41,49)(H,42,43)(H,47,48). The van der Waals surface area contributed by atoms with Crippen LogP contribution < -0.4 is 20.5 Å². The molecule has 13 nitrogen and oxygen atoms in total. The molecule has 1 amide bonds. The molecule has 0 saturated heterocycles. The molecule has 0 saturated carbocycles. The van der Waals surface area contributed by atoms with Gasteiger partial charge in [-0.3, -0.25) is 14.3 Å². The number of alkyl halides is 2. The molecule has 2 heterocycles. The maximum Gasteiger partial charge on any atom is 0.355 e. The lowest BCUT2D eigenvalue weighted by molar-refractivity contribution is -0.137. The van der Waals surface area contributed by atoms with Crippen LogP contribution in [0.2, 0.25) is 25.7 Å². The smallest absolute Gasteiger partial charge is 0.355 e. The minimum atomic E-state index is -5.12. The topological polar surface area (TPSA) is 188 Å². The second-order valence-corrected chi connectivity index (χ2v) is 20.9. The summed E-state index contributed by atoms with van der Waals surface area (Å²) in [5.41, 5.74) is 6.89. The van der Waals surface area contributed by atoms with Crippen LogP contribution in [0.3, 0.4) is 0 Å². The number of sulfonamides is 1.